The summed E-state index contributed by atoms with van der Waals surface area (Å²) in [5.74, 6) is 1.05. The van der Waals surface area contributed by atoms with Gasteiger partial charge in [0, 0.05) is 17.1 Å². The fourth-order valence-corrected chi connectivity index (χ4v) is 2.53. The van der Waals surface area contributed by atoms with Crippen LogP contribution in [0.3, 0.4) is 0 Å². The van der Waals surface area contributed by atoms with Crippen molar-refractivity contribution in [2.75, 3.05) is 17.7 Å². The van der Waals surface area contributed by atoms with Gasteiger partial charge in [-0.05, 0) is 48.0 Å². The number of nitrogens with one attached hydrogen (secondary N) is 2. The van der Waals surface area contributed by atoms with Crippen LogP contribution in [-0.2, 0) is 6.54 Å². The maximum atomic E-state index is 12.2. The van der Waals surface area contributed by atoms with Crippen LogP contribution in [0, 0.1) is 0 Å². The summed E-state index contributed by atoms with van der Waals surface area (Å²) < 4.78 is 5.14. The molecule has 0 aliphatic rings. The van der Waals surface area contributed by atoms with Crippen LogP contribution < -0.4 is 15.4 Å². The topological polar surface area (TPSA) is 63.2 Å². The van der Waals surface area contributed by atoms with E-state index in [-0.39, 0.29) is 5.91 Å². The number of halogens is 1. The highest BCUT2D eigenvalue weighted by Gasteiger charge is 2.07. The van der Waals surface area contributed by atoms with Crippen molar-refractivity contribution in [1.29, 1.82) is 0 Å². The number of methoxy groups -OCH3 is 1. The van der Waals surface area contributed by atoms with Crippen molar-refractivity contribution in [3.05, 3.63) is 83.0 Å². The first-order chi connectivity index (χ1) is 12.6. The van der Waals surface area contributed by atoms with Gasteiger partial charge in [-0.25, -0.2) is 4.98 Å². The Morgan fingerprint density at radius 1 is 1.12 bits per heavy atom. The van der Waals surface area contributed by atoms with Crippen molar-refractivity contribution >= 4 is 29.0 Å². The number of benzene rings is 2. The highest BCUT2D eigenvalue weighted by molar-refractivity contribution is 6.31. The Bertz CT molecular complexity index is 880. The molecule has 5 nitrogen and oxygen atoms in total. The third-order valence-electron chi connectivity index (χ3n) is 3.75. The van der Waals surface area contributed by atoms with Gasteiger partial charge in [0.05, 0.1) is 19.0 Å². The average Bonchev–Trinajstić information content (AvgIpc) is 2.68. The van der Waals surface area contributed by atoms with Gasteiger partial charge in [0.2, 0.25) is 0 Å². The van der Waals surface area contributed by atoms with Gasteiger partial charge in [-0.1, -0.05) is 29.8 Å². The molecule has 1 aromatic heterocycles. The molecule has 0 radical (unpaired) electrons. The molecule has 0 aliphatic heterocycles. The number of ether oxygens (including phenoxy) is 1. The lowest BCUT2D eigenvalue weighted by Gasteiger charge is -2.09. The van der Waals surface area contributed by atoms with Crippen molar-refractivity contribution in [2.45, 2.75) is 6.54 Å². The predicted molar refractivity (Wildman–Crippen MR) is 104 cm³/mol. The van der Waals surface area contributed by atoms with E-state index in [0.29, 0.717) is 22.9 Å². The van der Waals surface area contributed by atoms with Crippen LogP contribution in [-0.4, -0.2) is 18.0 Å². The summed E-state index contributed by atoms with van der Waals surface area (Å²) in [5, 5.41) is 6.55. The van der Waals surface area contributed by atoms with Crippen molar-refractivity contribution in [2.24, 2.45) is 0 Å². The zero-order valence-electron chi connectivity index (χ0n) is 14.2. The molecule has 0 saturated heterocycles. The Hall–Kier alpha value is -3.05. The summed E-state index contributed by atoms with van der Waals surface area (Å²) >= 11 is 5.90. The number of hydrogen-bond acceptors (Lipinski definition) is 4. The minimum absolute atomic E-state index is 0.251. The Morgan fingerprint density at radius 3 is 2.58 bits per heavy atom. The Kier molecular flexibility index (Phi) is 5.71. The number of anilines is 2. The van der Waals surface area contributed by atoms with Crippen molar-refractivity contribution in [3.63, 3.8) is 0 Å². The number of nitrogens with zero attached hydrogens (tertiary/aromatic N) is 1. The van der Waals surface area contributed by atoms with E-state index < -0.39 is 0 Å². The molecule has 0 atom stereocenters. The molecular formula is C20H18ClN3O2. The first-order valence-electron chi connectivity index (χ1n) is 8.04. The van der Waals surface area contributed by atoms with Gasteiger partial charge >= 0.3 is 0 Å². The normalized spacial score (nSPS) is 10.2. The van der Waals surface area contributed by atoms with Crippen molar-refractivity contribution in [3.8, 4) is 5.75 Å². The molecule has 2 N–H and O–H groups in total. The largest absolute Gasteiger partial charge is 0.497 e. The summed E-state index contributed by atoms with van der Waals surface area (Å²) in [7, 11) is 1.64. The quantitative estimate of drug-likeness (QED) is 0.668. The van der Waals surface area contributed by atoms with Crippen LogP contribution in [0.5, 0.6) is 5.75 Å². The van der Waals surface area contributed by atoms with E-state index in [1.807, 2.05) is 30.3 Å². The zero-order valence-corrected chi connectivity index (χ0v) is 15.0. The third kappa shape index (κ3) is 4.74. The minimum atomic E-state index is -0.251. The molecule has 2 aromatic carbocycles. The van der Waals surface area contributed by atoms with Crippen LogP contribution >= 0.6 is 11.6 Å². The van der Waals surface area contributed by atoms with Crippen molar-refractivity contribution in [1.82, 2.24) is 4.98 Å². The van der Waals surface area contributed by atoms with Gasteiger partial charge in [-0.2, -0.15) is 0 Å². The van der Waals surface area contributed by atoms with Crippen LogP contribution in [0.4, 0.5) is 11.5 Å². The highest BCUT2D eigenvalue weighted by atomic mass is 35.5. The predicted octanol–water partition coefficient (Wildman–Crippen LogP) is 4.61. The summed E-state index contributed by atoms with van der Waals surface area (Å²) in [6, 6.07) is 18.2. The van der Waals surface area contributed by atoms with E-state index in [1.165, 1.54) is 0 Å². The van der Waals surface area contributed by atoms with E-state index in [4.69, 9.17) is 16.3 Å². The molecule has 26 heavy (non-hydrogen) atoms. The second-order valence-corrected chi connectivity index (χ2v) is 6.03. The number of hydrogen-bond donors (Lipinski definition) is 2. The molecule has 0 spiro atoms. The van der Waals surface area contributed by atoms with Gasteiger partial charge in [0.25, 0.3) is 5.91 Å². The first-order valence-corrected chi connectivity index (χ1v) is 8.41. The lowest BCUT2D eigenvalue weighted by atomic mass is 10.2. The molecule has 1 heterocycles. The fourth-order valence-electron chi connectivity index (χ4n) is 2.34. The summed E-state index contributed by atoms with van der Waals surface area (Å²) in [6.07, 6.45) is 1.68. The monoisotopic (exact) mass is 367 g/mol. The number of carbonyl (C=O) groups is 1. The third-order valence-corrected chi connectivity index (χ3v) is 3.98. The van der Waals surface area contributed by atoms with E-state index >= 15 is 0 Å². The smallest absolute Gasteiger partial charge is 0.256 e. The van der Waals surface area contributed by atoms with Crippen LogP contribution in [0.2, 0.25) is 5.02 Å². The standard InChI is InChI=1S/C20H18ClN3O2/c1-26-18-8-5-14(6-9-18)12-22-17-7-10-19(23-13-17)24-20(25)15-3-2-4-16(21)11-15/h2-11,13,22H,12H2,1H3,(H,23,24,25). The van der Waals surface area contributed by atoms with E-state index in [0.717, 1.165) is 17.0 Å². The van der Waals surface area contributed by atoms with E-state index in [9.17, 15) is 4.79 Å². The molecule has 0 bridgehead atoms. The number of aromatic nitrogens is 1. The van der Waals surface area contributed by atoms with Gasteiger partial charge in [-0.3, -0.25) is 4.79 Å². The maximum Gasteiger partial charge on any atom is 0.256 e. The molecule has 3 aromatic rings. The SMILES string of the molecule is COc1ccc(CNc2ccc(NC(=O)c3cccc(Cl)c3)nc2)cc1. The summed E-state index contributed by atoms with van der Waals surface area (Å²) in [4.78, 5) is 16.4. The van der Waals surface area contributed by atoms with Gasteiger partial charge in [-0.15, -0.1) is 0 Å². The van der Waals surface area contributed by atoms with Crippen molar-refractivity contribution < 1.29 is 9.53 Å². The lowest BCUT2D eigenvalue weighted by molar-refractivity contribution is 0.102. The zero-order chi connectivity index (χ0) is 18.4. The molecular weight excluding hydrogens is 350 g/mol. The van der Waals surface area contributed by atoms with Gasteiger partial charge in [0.1, 0.15) is 11.6 Å². The number of carbonyl (C=O) groups excluding carboxylic acids is 1. The molecule has 6 heteroatoms. The summed E-state index contributed by atoms with van der Waals surface area (Å²) in [5.41, 5.74) is 2.48. The Morgan fingerprint density at radius 2 is 1.92 bits per heavy atom. The minimum Gasteiger partial charge on any atom is -0.497 e. The number of rotatable bonds is 6. The average molecular weight is 368 g/mol. The molecule has 0 unspecified atom stereocenters. The second kappa shape index (κ2) is 8.36. The van der Waals surface area contributed by atoms with E-state index in [2.05, 4.69) is 15.6 Å². The van der Waals surface area contributed by atoms with Crippen LogP contribution in [0.25, 0.3) is 0 Å². The molecule has 0 saturated carbocycles. The molecule has 0 fully saturated rings. The molecule has 1 amide bonds. The van der Waals surface area contributed by atoms with E-state index in [1.54, 1.807) is 43.6 Å². The molecule has 0 aliphatic carbocycles. The molecule has 3 rings (SSSR count). The number of amides is 1. The number of pyridine rings is 1. The van der Waals surface area contributed by atoms with Crippen LogP contribution in [0.1, 0.15) is 15.9 Å². The van der Waals surface area contributed by atoms with Crippen LogP contribution in [0.15, 0.2) is 66.9 Å². The maximum absolute atomic E-state index is 12.2. The second-order valence-electron chi connectivity index (χ2n) is 5.60. The van der Waals surface area contributed by atoms with Gasteiger partial charge < -0.3 is 15.4 Å². The Balaban J connectivity index is 1.56. The Labute approximate surface area is 157 Å². The lowest BCUT2D eigenvalue weighted by Crippen LogP contribution is -2.12. The van der Waals surface area contributed by atoms with Gasteiger partial charge in [0.15, 0.2) is 0 Å². The fraction of sp³-hybridized carbons (Fsp3) is 0.100. The molecule has 132 valence electrons. The summed E-state index contributed by atoms with van der Waals surface area (Å²) in [6.45, 7) is 0.667. The first kappa shape index (κ1) is 17.8. The highest BCUT2D eigenvalue weighted by Crippen LogP contribution is 2.16.